The Morgan fingerprint density at radius 3 is 3.00 bits per heavy atom. The number of ether oxygens (including phenoxy) is 1. The molecule has 0 bridgehead atoms. The van der Waals surface area contributed by atoms with Gasteiger partial charge in [0.25, 0.3) is 0 Å². The van der Waals surface area contributed by atoms with Crippen molar-refractivity contribution in [3.05, 3.63) is 24.2 Å². The largest absolute Gasteiger partial charge is 0.467 e. The van der Waals surface area contributed by atoms with Gasteiger partial charge in [0.1, 0.15) is 12.4 Å². The zero-order valence-electron chi connectivity index (χ0n) is 9.14. The maximum absolute atomic E-state index is 9.48. The third kappa shape index (κ3) is 5.54. The molecule has 15 heavy (non-hydrogen) atoms. The van der Waals surface area contributed by atoms with Gasteiger partial charge in [0.2, 0.25) is 0 Å². The summed E-state index contributed by atoms with van der Waals surface area (Å²) < 4.78 is 10.4. The number of aliphatic hydroxyl groups is 1. The molecular formula is C10H18N2O3. The molecule has 0 aliphatic heterocycles. The van der Waals surface area contributed by atoms with E-state index < -0.39 is 6.10 Å². The van der Waals surface area contributed by atoms with E-state index in [-0.39, 0.29) is 0 Å². The smallest absolute Gasteiger partial charge is 0.129 e. The van der Waals surface area contributed by atoms with E-state index in [0.717, 1.165) is 5.76 Å². The number of furan rings is 1. The first kappa shape index (κ1) is 12.2. The molecule has 5 nitrogen and oxygen atoms in total. The van der Waals surface area contributed by atoms with Crippen molar-refractivity contribution in [3.8, 4) is 0 Å². The van der Waals surface area contributed by atoms with E-state index in [2.05, 4.69) is 5.43 Å². The van der Waals surface area contributed by atoms with Crippen LogP contribution in [0, 0.1) is 0 Å². The molecule has 86 valence electrons. The van der Waals surface area contributed by atoms with Gasteiger partial charge in [-0.25, -0.2) is 0 Å². The number of hydrogen-bond acceptors (Lipinski definition) is 5. The molecule has 0 radical (unpaired) electrons. The third-order valence-corrected chi connectivity index (χ3v) is 1.78. The minimum Gasteiger partial charge on any atom is -0.467 e. The molecule has 1 atom stereocenters. The molecule has 0 saturated carbocycles. The second kappa shape index (κ2) is 6.58. The van der Waals surface area contributed by atoms with Crippen molar-refractivity contribution >= 4 is 0 Å². The van der Waals surface area contributed by atoms with Crippen LogP contribution in [0.4, 0.5) is 0 Å². The first-order valence-corrected chi connectivity index (χ1v) is 4.87. The predicted molar refractivity (Wildman–Crippen MR) is 56.1 cm³/mol. The minimum atomic E-state index is -0.512. The molecule has 1 aromatic heterocycles. The molecule has 1 unspecified atom stereocenters. The van der Waals surface area contributed by atoms with Gasteiger partial charge >= 0.3 is 0 Å². The van der Waals surface area contributed by atoms with E-state index in [1.165, 1.54) is 0 Å². The molecule has 0 aliphatic carbocycles. The summed E-state index contributed by atoms with van der Waals surface area (Å²) in [5, 5.41) is 11.3. The highest BCUT2D eigenvalue weighted by atomic mass is 16.5. The molecule has 0 fully saturated rings. The number of hydrogen-bond donors (Lipinski definition) is 2. The topological polar surface area (TPSA) is 57.9 Å². The summed E-state index contributed by atoms with van der Waals surface area (Å²) >= 11 is 0. The van der Waals surface area contributed by atoms with Gasteiger partial charge in [-0.2, -0.15) is 0 Å². The highest BCUT2D eigenvalue weighted by molar-refractivity contribution is 4.96. The Kier molecular flexibility index (Phi) is 5.34. The number of hydrazine groups is 1. The van der Waals surface area contributed by atoms with Crippen molar-refractivity contribution in [1.82, 2.24) is 10.4 Å². The fourth-order valence-electron chi connectivity index (χ4n) is 1.04. The lowest BCUT2D eigenvalue weighted by atomic mass is 10.4. The maximum atomic E-state index is 9.48. The summed E-state index contributed by atoms with van der Waals surface area (Å²) in [7, 11) is 3.74. The Hall–Kier alpha value is -0.880. The molecule has 2 N–H and O–H groups in total. The molecule has 1 rings (SSSR count). The first-order valence-electron chi connectivity index (χ1n) is 4.87. The van der Waals surface area contributed by atoms with Crippen LogP contribution in [0.1, 0.15) is 5.76 Å². The molecule has 0 amide bonds. The summed E-state index contributed by atoms with van der Waals surface area (Å²) in [6, 6.07) is 3.65. The maximum Gasteiger partial charge on any atom is 0.129 e. The van der Waals surface area contributed by atoms with Crippen LogP contribution in [0.5, 0.6) is 0 Å². The van der Waals surface area contributed by atoms with E-state index in [9.17, 15) is 5.11 Å². The Labute approximate surface area is 89.6 Å². The van der Waals surface area contributed by atoms with Crippen LogP contribution in [0.25, 0.3) is 0 Å². The van der Waals surface area contributed by atoms with Gasteiger partial charge in [-0.1, -0.05) is 0 Å². The van der Waals surface area contributed by atoms with Gasteiger partial charge < -0.3 is 14.3 Å². The highest BCUT2D eigenvalue weighted by Gasteiger charge is 2.04. The SMILES string of the molecule is CN(C)NCC(O)COCc1ccco1. The van der Waals surface area contributed by atoms with Gasteiger partial charge in [0.15, 0.2) is 0 Å². The molecular weight excluding hydrogens is 196 g/mol. The van der Waals surface area contributed by atoms with Crippen LogP contribution in [0.3, 0.4) is 0 Å². The summed E-state index contributed by atoms with van der Waals surface area (Å²) in [6.07, 6.45) is 1.09. The van der Waals surface area contributed by atoms with Gasteiger partial charge in [-0.3, -0.25) is 10.4 Å². The number of rotatable bonds is 7. The van der Waals surface area contributed by atoms with Crippen molar-refractivity contribution in [1.29, 1.82) is 0 Å². The molecule has 0 aliphatic rings. The van der Waals surface area contributed by atoms with Crippen molar-refractivity contribution in [2.24, 2.45) is 0 Å². The zero-order chi connectivity index (χ0) is 11.1. The minimum absolute atomic E-state index is 0.293. The Balaban J connectivity index is 2.04. The van der Waals surface area contributed by atoms with Crippen LogP contribution in [0.15, 0.2) is 22.8 Å². The molecule has 5 heteroatoms. The molecule has 1 aromatic rings. The Bertz CT molecular complexity index is 249. The molecule has 0 aromatic carbocycles. The second-order valence-electron chi connectivity index (χ2n) is 3.50. The number of aliphatic hydroxyl groups excluding tert-OH is 1. The molecule has 0 spiro atoms. The predicted octanol–water partition coefficient (Wildman–Crippen LogP) is 0.223. The average molecular weight is 214 g/mol. The van der Waals surface area contributed by atoms with Gasteiger partial charge in [0.05, 0.1) is 19.0 Å². The van der Waals surface area contributed by atoms with Crippen molar-refractivity contribution in [3.63, 3.8) is 0 Å². The number of nitrogens with one attached hydrogen (secondary N) is 1. The van der Waals surface area contributed by atoms with E-state index >= 15 is 0 Å². The number of nitrogens with zero attached hydrogens (tertiary/aromatic N) is 1. The lowest BCUT2D eigenvalue weighted by molar-refractivity contribution is 0.0157. The van der Waals surface area contributed by atoms with Crippen molar-refractivity contribution < 1.29 is 14.3 Å². The second-order valence-corrected chi connectivity index (χ2v) is 3.50. The molecule has 0 saturated heterocycles. The van der Waals surface area contributed by atoms with Crippen LogP contribution in [-0.4, -0.2) is 43.5 Å². The van der Waals surface area contributed by atoms with E-state index in [1.807, 2.05) is 26.2 Å². The van der Waals surface area contributed by atoms with Crippen LogP contribution < -0.4 is 5.43 Å². The summed E-state index contributed by atoms with van der Waals surface area (Å²) in [5.41, 5.74) is 2.97. The Morgan fingerprint density at radius 1 is 1.60 bits per heavy atom. The first-order chi connectivity index (χ1) is 7.18. The lowest BCUT2D eigenvalue weighted by Crippen LogP contribution is -2.38. The quantitative estimate of drug-likeness (QED) is 0.636. The third-order valence-electron chi connectivity index (χ3n) is 1.78. The fourth-order valence-corrected chi connectivity index (χ4v) is 1.04. The van der Waals surface area contributed by atoms with Crippen LogP contribution in [-0.2, 0) is 11.3 Å². The molecule has 1 heterocycles. The van der Waals surface area contributed by atoms with Crippen molar-refractivity contribution in [2.45, 2.75) is 12.7 Å². The van der Waals surface area contributed by atoms with Crippen molar-refractivity contribution in [2.75, 3.05) is 27.2 Å². The van der Waals surface area contributed by atoms with E-state index in [0.29, 0.717) is 19.8 Å². The highest BCUT2D eigenvalue weighted by Crippen LogP contribution is 2.01. The van der Waals surface area contributed by atoms with Crippen LogP contribution in [0.2, 0.25) is 0 Å². The zero-order valence-corrected chi connectivity index (χ0v) is 9.14. The summed E-state index contributed by atoms with van der Waals surface area (Å²) in [5.74, 6) is 0.766. The van der Waals surface area contributed by atoms with E-state index in [1.54, 1.807) is 11.3 Å². The monoisotopic (exact) mass is 214 g/mol. The summed E-state index contributed by atoms with van der Waals surface area (Å²) in [4.78, 5) is 0. The fraction of sp³-hybridized carbons (Fsp3) is 0.600. The summed E-state index contributed by atoms with van der Waals surface area (Å²) in [6.45, 7) is 1.17. The van der Waals surface area contributed by atoms with Gasteiger partial charge in [0, 0.05) is 20.6 Å². The van der Waals surface area contributed by atoms with Gasteiger partial charge in [-0.05, 0) is 12.1 Å². The van der Waals surface area contributed by atoms with E-state index in [4.69, 9.17) is 9.15 Å². The van der Waals surface area contributed by atoms with Gasteiger partial charge in [-0.15, -0.1) is 0 Å². The average Bonchev–Trinajstić information content (AvgIpc) is 2.67. The normalized spacial score (nSPS) is 13.3. The lowest BCUT2D eigenvalue weighted by Gasteiger charge is -2.15. The Morgan fingerprint density at radius 2 is 2.40 bits per heavy atom. The standard InChI is InChI=1S/C10H18N2O3/c1-12(2)11-6-9(13)7-14-8-10-4-3-5-15-10/h3-5,9,11,13H,6-8H2,1-2H3. The van der Waals surface area contributed by atoms with Crippen LogP contribution >= 0.6 is 0 Å².